The fraction of sp³-hybridized carbons (Fsp3) is 0.600. The largest absolute Gasteiger partial charge is 0.329 e. The van der Waals surface area contributed by atoms with E-state index in [-0.39, 0.29) is 6.04 Å². The third kappa shape index (κ3) is 3.88. The van der Waals surface area contributed by atoms with Gasteiger partial charge in [-0.1, -0.05) is 43.6 Å². The molecule has 0 aromatic heterocycles. The van der Waals surface area contributed by atoms with Crippen LogP contribution in [0.4, 0.5) is 0 Å². The van der Waals surface area contributed by atoms with Crippen molar-refractivity contribution in [2.24, 2.45) is 5.73 Å². The van der Waals surface area contributed by atoms with Gasteiger partial charge in [0.1, 0.15) is 0 Å². The Labute approximate surface area is 125 Å². The molecule has 0 spiro atoms. The highest BCUT2D eigenvalue weighted by molar-refractivity contribution is 8.00. The molecule has 0 saturated carbocycles. The monoisotopic (exact) mass is 298 g/mol. The van der Waals surface area contributed by atoms with Gasteiger partial charge in [-0.25, -0.2) is 0 Å². The third-order valence-corrected chi connectivity index (χ3v) is 5.52. The molecule has 0 radical (unpaired) electrons. The SMILES string of the molecule is CC1(C)CCN(C(CN)c2ccccc2Cl)CCS1. The topological polar surface area (TPSA) is 29.3 Å². The molecule has 0 aliphatic carbocycles. The van der Waals surface area contributed by atoms with Gasteiger partial charge in [-0.05, 0) is 18.1 Å². The minimum atomic E-state index is 0.239. The highest BCUT2D eigenvalue weighted by Crippen LogP contribution is 2.34. The minimum Gasteiger partial charge on any atom is -0.329 e. The average Bonchev–Trinajstić information content (AvgIpc) is 2.54. The molecule has 0 amide bonds. The molecule has 2 nitrogen and oxygen atoms in total. The number of rotatable bonds is 3. The summed E-state index contributed by atoms with van der Waals surface area (Å²) in [5, 5.41) is 0.828. The van der Waals surface area contributed by atoms with E-state index in [4.69, 9.17) is 17.3 Å². The van der Waals surface area contributed by atoms with Gasteiger partial charge in [-0.15, -0.1) is 0 Å². The zero-order valence-electron chi connectivity index (χ0n) is 11.7. The van der Waals surface area contributed by atoms with Crippen molar-refractivity contribution in [2.75, 3.05) is 25.4 Å². The maximum absolute atomic E-state index is 6.33. The zero-order chi connectivity index (χ0) is 13.9. The van der Waals surface area contributed by atoms with Crippen LogP contribution in [0.25, 0.3) is 0 Å². The number of hydrogen-bond acceptors (Lipinski definition) is 3. The second-order valence-electron chi connectivity index (χ2n) is 5.67. The Balaban J connectivity index is 2.16. The average molecular weight is 299 g/mol. The van der Waals surface area contributed by atoms with Crippen LogP contribution in [0.2, 0.25) is 5.02 Å². The molecule has 106 valence electrons. The van der Waals surface area contributed by atoms with Crippen LogP contribution in [0, 0.1) is 0 Å². The molecule has 4 heteroatoms. The normalized spacial score (nSPS) is 21.9. The summed E-state index contributed by atoms with van der Waals surface area (Å²) in [6.45, 7) is 7.45. The van der Waals surface area contributed by atoms with Crippen molar-refractivity contribution in [1.82, 2.24) is 4.90 Å². The maximum atomic E-state index is 6.33. The van der Waals surface area contributed by atoms with Crippen LogP contribution >= 0.6 is 23.4 Å². The quantitative estimate of drug-likeness (QED) is 0.925. The second kappa shape index (κ2) is 6.49. The van der Waals surface area contributed by atoms with E-state index in [0.717, 1.165) is 29.4 Å². The predicted octanol–water partition coefficient (Wildman–Crippen LogP) is 3.56. The van der Waals surface area contributed by atoms with Crippen molar-refractivity contribution in [3.8, 4) is 0 Å². The molecule has 0 bridgehead atoms. The minimum absolute atomic E-state index is 0.239. The van der Waals surface area contributed by atoms with Crippen molar-refractivity contribution in [3.63, 3.8) is 0 Å². The lowest BCUT2D eigenvalue weighted by molar-refractivity contribution is 0.211. The van der Waals surface area contributed by atoms with Crippen molar-refractivity contribution in [1.29, 1.82) is 0 Å². The molecule has 19 heavy (non-hydrogen) atoms. The van der Waals surface area contributed by atoms with Crippen LogP contribution in [0.15, 0.2) is 24.3 Å². The van der Waals surface area contributed by atoms with Gasteiger partial charge < -0.3 is 5.73 Å². The summed E-state index contributed by atoms with van der Waals surface area (Å²) in [7, 11) is 0. The van der Waals surface area contributed by atoms with Crippen molar-refractivity contribution in [2.45, 2.75) is 31.1 Å². The van der Waals surface area contributed by atoms with E-state index in [1.165, 1.54) is 6.42 Å². The van der Waals surface area contributed by atoms with Crippen LogP contribution in [0.5, 0.6) is 0 Å². The van der Waals surface area contributed by atoms with Crippen molar-refractivity contribution in [3.05, 3.63) is 34.9 Å². The Morgan fingerprint density at radius 3 is 2.79 bits per heavy atom. The standard InChI is InChI=1S/C15H23ClN2S/c1-15(2)7-8-18(9-10-19-15)14(11-17)12-5-3-4-6-13(12)16/h3-6,14H,7-11,17H2,1-2H3. The van der Waals surface area contributed by atoms with Gasteiger partial charge in [0.15, 0.2) is 0 Å². The first-order chi connectivity index (χ1) is 9.03. The number of nitrogens with zero attached hydrogens (tertiary/aromatic N) is 1. The Bertz CT molecular complexity index is 422. The summed E-state index contributed by atoms with van der Waals surface area (Å²) in [6.07, 6.45) is 1.19. The van der Waals surface area contributed by atoms with E-state index in [1.807, 2.05) is 18.2 Å². The highest BCUT2D eigenvalue weighted by atomic mass is 35.5. The van der Waals surface area contributed by atoms with Crippen LogP contribution < -0.4 is 5.73 Å². The second-order valence-corrected chi connectivity index (χ2v) is 7.88. The van der Waals surface area contributed by atoms with E-state index in [9.17, 15) is 0 Å². The van der Waals surface area contributed by atoms with Gasteiger partial charge in [0, 0.05) is 41.2 Å². The van der Waals surface area contributed by atoms with E-state index in [1.54, 1.807) is 0 Å². The van der Waals surface area contributed by atoms with E-state index >= 15 is 0 Å². The van der Waals surface area contributed by atoms with Crippen molar-refractivity contribution < 1.29 is 0 Å². The first kappa shape index (κ1) is 15.2. The first-order valence-electron chi connectivity index (χ1n) is 6.86. The lowest BCUT2D eigenvalue weighted by atomic mass is 10.0. The van der Waals surface area contributed by atoms with Gasteiger partial charge >= 0.3 is 0 Å². The van der Waals surface area contributed by atoms with Gasteiger partial charge in [0.25, 0.3) is 0 Å². The summed E-state index contributed by atoms with van der Waals surface area (Å²) >= 11 is 8.38. The predicted molar refractivity (Wildman–Crippen MR) is 86.0 cm³/mol. The van der Waals surface area contributed by atoms with Gasteiger partial charge in [0.2, 0.25) is 0 Å². The first-order valence-corrected chi connectivity index (χ1v) is 8.22. The number of benzene rings is 1. The van der Waals surface area contributed by atoms with Crippen molar-refractivity contribution >= 4 is 23.4 Å². The zero-order valence-corrected chi connectivity index (χ0v) is 13.3. The van der Waals surface area contributed by atoms with Gasteiger partial charge in [-0.3, -0.25) is 4.90 Å². The number of nitrogens with two attached hydrogens (primary N) is 1. The number of hydrogen-bond donors (Lipinski definition) is 1. The Kier molecular flexibility index (Phi) is 5.18. The van der Waals surface area contributed by atoms with E-state index < -0.39 is 0 Å². The molecule has 1 aliphatic heterocycles. The van der Waals surface area contributed by atoms with E-state index in [2.05, 4.69) is 36.6 Å². The number of halogens is 1. The molecule has 2 rings (SSSR count). The maximum Gasteiger partial charge on any atom is 0.0485 e. The molecule has 1 aromatic carbocycles. The molecule has 1 unspecified atom stereocenters. The molecular formula is C15H23ClN2S. The molecule has 2 N–H and O–H groups in total. The summed E-state index contributed by atoms with van der Waals surface area (Å²) in [6, 6.07) is 8.31. The van der Waals surface area contributed by atoms with Crippen LogP contribution in [0.3, 0.4) is 0 Å². The Hall–Kier alpha value is -0.220. The summed E-state index contributed by atoms with van der Waals surface area (Å²) in [5.74, 6) is 1.16. The van der Waals surface area contributed by atoms with Crippen LogP contribution in [0.1, 0.15) is 31.9 Å². The number of thioether (sulfide) groups is 1. The molecule has 1 atom stereocenters. The van der Waals surface area contributed by atoms with Crippen LogP contribution in [-0.2, 0) is 0 Å². The van der Waals surface area contributed by atoms with Crippen LogP contribution in [-0.4, -0.2) is 35.0 Å². The lowest BCUT2D eigenvalue weighted by Gasteiger charge is -2.31. The molecule has 1 heterocycles. The molecule has 1 aromatic rings. The molecule has 1 saturated heterocycles. The molecule has 1 aliphatic rings. The molecular weight excluding hydrogens is 276 g/mol. The van der Waals surface area contributed by atoms with Gasteiger partial charge in [-0.2, -0.15) is 11.8 Å². The molecule has 1 fully saturated rings. The Morgan fingerprint density at radius 1 is 1.37 bits per heavy atom. The summed E-state index contributed by atoms with van der Waals surface area (Å²) in [4.78, 5) is 2.49. The summed E-state index contributed by atoms with van der Waals surface area (Å²) < 4.78 is 0.369. The van der Waals surface area contributed by atoms with Gasteiger partial charge in [0.05, 0.1) is 0 Å². The lowest BCUT2D eigenvalue weighted by Crippen LogP contribution is -2.36. The fourth-order valence-corrected chi connectivity index (χ4v) is 3.94. The Morgan fingerprint density at radius 2 is 2.11 bits per heavy atom. The summed E-state index contributed by atoms with van der Waals surface area (Å²) in [5.41, 5.74) is 7.18. The fourth-order valence-electron chi connectivity index (χ4n) is 2.57. The highest BCUT2D eigenvalue weighted by Gasteiger charge is 2.28. The van der Waals surface area contributed by atoms with E-state index in [0.29, 0.717) is 11.3 Å². The smallest absolute Gasteiger partial charge is 0.0485 e. The third-order valence-electron chi connectivity index (χ3n) is 3.80.